The minimum atomic E-state index is -0.483. The normalized spacial score (nSPS) is 23.1. The van der Waals surface area contributed by atoms with Gasteiger partial charge in [0.25, 0.3) is 11.6 Å². The van der Waals surface area contributed by atoms with E-state index in [1.54, 1.807) is 4.90 Å². The Balaban J connectivity index is 2.16. The number of likely N-dealkylation sites (tertiary alicyclic amines) is 1. The van der Waals surface area contributed by atoms with Gasteiger partial charge in [-0.25, -0.2) is 0 Å². The van der Waals surface area contributed by atoms with Crippen LogP contribution >= 0.6 is 0 Å². The van der Waals surface area contributed by atoms with Gasteiger partial charge in [0.2, 0.25) is 0 Å². The average Bonchev–Trinajstić information content (AvgIpc) is 2.69. The number of nitrogens with two attached hydrogens (primary N) is 1. The predicted octanol–water partition coefficient (Wildman–Crippen LogP) is 1.16. The Kier molecular flexibility index (Phi) is 3.29. The van der Waals surface area contributed by atoms with Gasteiger partial charge in [0, 0.05) is 36.3 Å². The van der Waals surface area contributed by atoms with E-state index in [4.69, 9.17) is 5.73 Å². The van der Waals surface area contributed by atoms with Crippen molar-refractivity contribution < 1.29 is 9.72 Å². The fourth-order valence-corrected chi connectivity index (χ4v) is 2.14. The van der Waals surface area contributed by atoms with Gasteiger partial charge in [-0.2, -0.15) is 0 Å². The molecule has 0 spiro atoms. The average molecular weight is 249 g/mol. The van der Waals surface area contributed by atoms with Crippen molar-refractivity contribution in [1.29, 1.82) is 0 Å². The van der Waals surface area contributed by atoms with E-state index in [0.717, 1.165) is 6.42 Å². The molecular weight excluding hydrogens is 234 g/mol. The van der Waals surface area contributed by atoms with Crippen molar-refractivity contribution in [3.8, 4) is 0 Å². The van der Waals surface area contributed by atoms with Crippen LogP contribution in [0.3, 0.4) is 0 Å². The number of carbonyl (C=O) groups is 1. The molecule has 2 rings (SSSR count). The number of non-ortho nitro benzene ring substituents is 1. The van der Waals surface area contributed by atoms with E-state index in [9.17, 15) is 14.9 Å². The van der Waals surface area contributed by atoms with Gasteiger partial charge in [0.1, 0.15) is 0 Å². The first-order valence-corrected chi connectivity index (χ1v) is 5.81. The lowest BCUT2D eigenvalue weighted by molar-refractivity contribution is -0.384. The molecule has 2 atom stereocenters. The van der Waals surface area contributed by atoms with Crippen molar-refractivity contribution in [3.63, 3.8) is 0 Å². The molecule has 0 bridgehead atoms. The summed E-state index contributed by atoms with van der Waals surface area (Å²) < 4.78 is 0. The summed E-state index contributed by atoms with van der Waals surface area (Å²) in [6.45, 7) is 2.55. The monoisotopic (exact) mass is 249 g/mol. The standard InChI is InChI=1S/C12H15N3O3/c1-8-11(13)6-7-14(8)12(16)9-2-4-10(5-3-9)15(17)18/h2-5,8,11H,6-7,13H2,1H3. The number of carbonyl (C=O) groups excluding carboxylic acids is 1. The number of rotatable bonds is 2. The molecule has 18 heavy (non-hydrogen) atoms. The maximum atomic E-state index is 12.2. The minimum absolute atomic E-state index is 0.00648. The Labute approximate surface area is 105 Å². The van der Waals surface area contributed by atoms with Crippen LogP contribution in [0.1, 0.15) is 23.7 Å². The fraction of sp³-hybridized carbons (Fsp3) is 0.417. The van der Waals surface area contributed by atoms with Crippen LogP contribution in [0, 0.1) is 10.1 Å². The molecule has 2 N–H and O–H groups in total. The van der Waals surface area contributed by atoms with Crippen LogP contribution in [-0.4, -0.2) is 34.4 Å². The van der Waals surface area contributed by atoms with Crippen LogP contribution in [0.5, 0.6) is 0 Å². The van der Waals surface area contributed by atoms with Gasteiger partial charge in [0.15, 0.2) is 0 Å². The number of nitro groups is 1. The molecule has 1 aliphatic heterocycles. The molecule has 0 radical (unpaired) electrons. The third-order valence-corrected chi connectivity index (χ3v) is 3.40. The first-order valence-electron chi connectivity index (χ1n) is 5.81. The summed E-state index contributed by atoms with van der Waals surface area (Å²) in [7, 11) is 0. The second-order valence-corrected chi connectivity index (χ2v) is 4.50. The van der Waals surface area contributed by atoms with E-state index >= 15 is 0 Å². The second kappa shape index (κ2) is 4.73. The molecule has 1 amide bonds. The molecule has 1 saturated heterocycles. The van der Waals surface area contributed by atoms with Crippen molar-refractivity contribution in [2.75, 3.05) is 6.54 Å². The van der Waals surface area contributed by atoms with Gasteiger partial charge < -0.3 is 10.6 Å². The van der Waals surface area contributed by atoms with Crippen LogP contribution in [0.25, 0.3) is 0 Å². The highest BCUT2D eigenvalue weighted by Gasteiger charge is 2.31. The van der Waals surface area contributed by atoms with Gasteiger partial charge >= 0.3 is 0 Å². The van der Waals surface area contributed by atoms with E-state index < -0.39 is 4.92 Å². The number of benzene rings is 1. The summed E-state index contributed by atoms with van der Waals surface area (Å²) in [6, 6.07) is 5.66. The van der Waals surface area contributed by atoms with Crippen molar-refractivity contribution in [1.82, 2.24) is 4.90 Å². The first-order chi connectivity index (χ1) is 8.50. The van der Waals surface area contributed by atoms with Crippen LogP contribution in [0.4, 0.5) is 5.69 Å². The highest BCUT2D eigenvalue weighted by Crippen LogP contribution is 2.20. The molecule has 1 heterocycles. The highest BCUT2D eigenvalue weighted by atomic mass is 16.6. The predicted molar refractivity (Wildman–Crippen MR) is 66.2 cm³/mol. The van der Waals surface area contributed by atoms with Crippen molar-refractivity contribution in [2.45, 2.75) is 25.4 Å². The molecule has 1 aliphatic rings. The van der Waals surface area contributed by atoms with Crippen LogP contribution in [0.2, 0.25) is 0 Å². The largest absolute Gasteiger partial charge is 0.334 e. The lowest BCUT2D eigenvalue weighted by Crippen LogP contribution is -2.40. The van der Waals surface area contributed by atoms with E-state index in [0.29, 0.717) is 12.1 Å². The summed E-state index contributed by atoms with van der Waals surface area (Å²) in [5, 5.41) is 10.5. The summed E-state index contributed by atoms with van der Waals surface area (Å²) in [5.74, 6) is -0.120. The molecule has 0 aliphatic carbocycles. The summed E-state index contributed by atoms with van der Waals surface area (Å²) in [4.78, 5) is 23.9. The van der Waals surface area contributed by atoms with Crippen molar-refractivity contribution in [2.24, 2.45) is 5.73 Å². The van der Waals surface area contributed by atoms with E-state index in [-0.39, 0.29) is 23.7 Å². The number of hydrogen-bond donors (Lipinski definition) is 1. The highest BCUT2D eigenvalue weighted by molar-refractivity contribution is 5.94. The molecular formula is C12H15N3O3. The second-order valence-electron chi connectivity index (χ2n) is 4.50. The Hall–Kier alpha value is -1.95. The summed E-state index contributed by atoms with van der Waals surface area (Å²) in [5.41, 5.74) is 6.31. The van der Waals surface area contributed by atoms with Crippen molar-refractivity contribution in [3.05, 3.63) is 39.9 Å². The third kappa shape index (κ3) is 2.19. The molecule has 1 aromatic rings. The van der Waals surface area contributed by atoms with Gasteiger partial charge in [-0.05, 0) is 25.5 Å². The van der Waals surface area contributed by atoms with Gasteiger partial charge in [-0.3, -0.25) is 14.9 Å². The smallest absolute Gasteiger partial charge is 0.269 e. The van der Waals surface area contributed by atoms with Gasteiger partial charge in [-0.1, -0.05) is 0 Å². The Morgan fingerprint density at radius 2 is 2.06 bits per heavy atom. The lowest BCUT2D eigenvalue weighted by atomic mass is 10.1. The zero-order chi connectivity index (χ0) is 13.3. The van der Waals surface area contributed by atoms with Gasteiger partial charge in [-0.15, -0.1) is 0 Å². The topological polar surface area (TPSA) is 89.5 Å². The van der Waals surface area contributed by atoms with Crippen LogP contribution < -0.4 is 5.73 Å². The molecule has 0 saturated carbocycles. The maximum absolute atomic E-state index is 12.2. The first kappa shape index (κ1) is 12.5. The Morgan fingerprint density at radius 3 is 2.50 bits per heavy atom. The Bertz CT molecular complexity index is 472. The Morgan fingerprint density at radius 1 is 1.44 bits per heavy atom. The van der Waals surface area contributed by atoms with Crippen LogP contribution in [-0.2, 0) is 0 Å². The zero-order valence-corrected chi connectivity index (χ0v) is 10.1. The quantitative estimate of drug-likeness (QED) is 0.629. The number of hydrogen-bond acceptors (Lipinski definition) is 4. The molecule has 0 aromatic heterocycles. The molecule has 6 heteroatoms. The summed E-state index contributed by atoms with van der Waals surface area (Å²) >= 11 is 0. The third-order valence-electron chi connectivity index (χ3n) is 3.40. The molecule has 96 valence electrons. The lowest BCUT2D eigenvalue weighted by Gasteiger charge is -2.23. The SMILES string of the molecule is CC1C(N)CCN1C(=O)c1ccc([N+](=O)[O-])cc1. The minimum Gasteiger partial charge on any atom is -0.334 e. The van der Waals surface area contributed by atoms with Gasteiger partial charge in [0.05, 0.1) is 4.92 Å². The number of nitro benzene ring substituents is 1. The van der Waals surface area contributed by atoms with E-state index in [1.165, 1.54) is 24.3 Å². The number of nitrogens with zero attached hydrogens (tertiary/aromatic N) is 2. The van der Waals surface area contributed by atoms with E-state index in [2.05, 4.69) is 0 Å². The molecule has 6 nitrogen and oxygen atoms in total. The van der Waals surface area contributed by atoms with E-state index in [1.807, 2.05) is 6.92 Å². The van der Waals surface area contributed by atoms with Crippen molar-refractivity contribution >= 4 is 11.6 Å². The fourth-order valence-electron chi connectivity index (χ4n) is 2.14. The maximum Gasteiger partial charge on any atom is 0.269 e. The number of amides is 1. The van der Waals surface area contributed by atoms with Crippen LogP contribution in [0.15, 0.2) is 24.3 Å². The summed E-state index contributed by atoms with van der Waals surface area (Å²) in [6.07, 6.45) is 0.792. The molecule has 2 unspecified atom stereocenters. The zero-order valence-electron chi connectivity index (χ0n) is 10.1. The molecule has 1 aromatic carbocycles. The molecule has 1 fully saturated rings.